The van der Waals surface area contributed by atoms with Gasteiger partial charge in [-0.15, -0.1) is 22.7 Å². The summed E-state index contributed by atoms with van der Waals surface area (Å²) in [4.78, 5) is 4.97. The Kier molecular flexibility index (Phi) is 5.21. The molecule has 0 aromatic carbocycles. The summed E-state index contributed by atoms with van der Waals surface area (Å²) in [6.07, 6.45) is 1.07. The number of hydrogen-bond donors (Lipinski definition) is 1. The summed E-state index contributed by atoms with van der Waals surface area (Å²) < 4.78 is 0.829. The van der Waals surface area contributed by atoms with E-state index in [9.17, 15) is 0 Å². The summed E-state index contributed by atoms with van der Waals surface area (Å²) in [5.41, 5.74) is 5.89. The molecule has 0 saturated heterocycles. The molecule has 5 heteroatoms. The Morgan fingerprint density at radius 1 is 1.39 bits per heavy atom. The number of nitrogens with two attached hydrogens (primary N) is 1. The van der Waals surface area contributed by atoms with Gasteiger partial charge in [-0.1, -0.05) is 17.7 Å². The van der Waals surface area contributed by atoms with Crippen molar-refractivity contribution in [3.8, 4) is 0 Å². The van der Waals surface area contributed by atoms with Gasteiger partial charge in [-0.25, -0.2) is 0 Å². The predicted octanol–water partition coefficient (Wildman–Crippen LogP) is 3.64. The molecule has 0 aliphatic rings. The zero-order valence-corrected chi connectivity index (χ0v) is 12.7. The summed E-state index contributed by atoms with van der Waals surface area (Å²) in [7, 11) is 2.12. The molecular formula is C13H17ClN2S2. The van der Waals surface area contributed by atoms with Crippen LogP contribution in [0.4, 0.5) is 0 Å². The first kappa shape index (κ1) is 14.0. The van der Waals surface area contributed by atoms with Crippen LogP contribution in [0.1, 0.15) is 15.8 Å². The molecule has 0 bridgehead atoms. The van der Waals surface area contributed by atoms with Gasteiger partial charge in [0.15, 0.2) is 0 Å². The minimum absolute atomic E-state index is 0.266. The van der Waals surface area contributed by atoms with E-state index in [1.54, 1.807) is 11.3 Å². The van der Waals surface area contributed by atoms with Crippen LogP contribution in [0, 0.1) is 0 Å². The quantitative estimate of drug-likeness (QED) is 0.882. The molecule has 0 saturated carbocycles. The molecule has 0 spiro atoms. The maximum absolute atomic E-state index is 5.99. The first-order valence-corrected chi connectivity index (χ1v) is 7.96. The lowest BCUT2D eigenvalue weighted by molar-refractivity contribution is 0.257. The number of thiophene rings is 2. The minimum atomic E-state index is 0.266. The second-order valence-electron chi connectivity index (χ2n) is 4.20. The van der Waals surface area contributed by atoms with Gasteiger partial charge in [0.25, 0.3) is 0 Å². The van der Waals surface area contributed by atoms with E-state index in [1.165, 1.54) is 9.75 Å². The van der Waals surface area contributed by atoms with Gasteiger partial charge < -0.3 is 5.73 Å². The number of likely N-dealkylation sites (N-methyl/N-ethyl adjacent to an activating group) is 1. The summed E-state index contributed by atoms with van der Waals surface area (Å²) in [6, 6.07) is 8.56. The fourth-order valence-electron chi connectivity index (χ4n) is 1.92. The Morgan fingerprint density at radius 2 is 2.22 bits per heavy atom. The van der Waals surface area contributed by atoms with Gasteiger partial charge >= 0.3 is 0 Å². The van der Waals surface area contributed by atoms with E-state index in [-0.39, 0.29) is 6.04 Å². The maximum Gasteiger partial charge on any atom is 0.0931 e. The lowest BCUT2D eigenvalue weighted by atomic mass is 10.2. The van der Waals surface area contributed by atoms with Crippen LogP contribution in [0.2, 0.25) is 4.34 Å². The summed E-state index contributed by atoms with van der Waals surface area (Å²) in [5, 5.41) is 2.12. The van der Waals surface area contributed by atoms with Gasteiger partial charge in [0.2, 0.25) is 0 Å². The van der Waals surface area contributed by atoms with Gasteiger partial charge in [-0.05, 0) is 37.0 Å². The van der Waals surface area contributed by atoms with Crippen LogP contribution >= 0.6 is 34.3 Å². The molecule has 2 rings (SSSR count). The average molecular weight is 301 g/mol. The van der Waals surface area contributed by atoms with Crippen LogP contribution in [-0.2, 0) is 6.42 Å². The second kappa shape index (κ2) is 6.68. The van der Waals surface area contributed by atoms with Crippen molar-refractivity contribution in [1.29, 1.82) is 0 Å². The molecule has 18 heavy (non-hydrogen) atoms. The van der Waals surface area contributed by atoms with Gasteiger partial charge in [0.05, 0.1) is 10.4 Å². The van der Waals surface area contributed by atoms with Crippen molar-refractivity contribution < 1.29 is 0 Å². The van der Waals surface area contributed by atoms with E-state index in [0.29, 0.717) is 6.54 Å². The van der Waals surface area contributed by atoms with E-state index < -0.39 is 0 Å². The number of nitrogens with zero attached hydrogens (tertiary/aromatic N) is 1. The standard InChI is InChI=1S/C13H17ClN2S2/c1-16(7-6-10-3-2-8-17-10)11(9-15)12-4-5-13(14)18-12/h2-5,8,11H,6-7,9,15H2,1H3. The van der Waals surface area contributed by atoms with E-state index >= 15 is 0 Å². The molecule has 2 aromatic rings. The maximum atomic E-state index is 5.99. The van der Waals surface area contributed by atoms with Crippen molar-refractivity contribution in [3.05, 3.63) is 43.7 Å². The van der Waals surface area contributed by atoms with Crippen molar-refractivity contribution in [1.82, 2.24) is 4.90 Å². The van der Waals surface area contributed by atoms with Crippen LogP contribution in [0.5, 0.6) is 0 Å². The van der Waals surface area contributed by atoms with Crippen LogP contribution in [0.25, 0.3) is 0 Å². The fourth-order valence-corrected chi connectivity index (χ4v) is 3.86. The molecule has 0 amide bonds. The molecule has 2 heterocycles. The zero-order chi connectivity index (χ0) is 13.0. The Labute approximate surface area is 121 Å². The number of halogens is 1. The molecule has 2 nitrogen and oxygen atoms in total. The Morgan fingerprint density at radius 3 is 2.78 bits per heavy atom. The molecular weight excluding hydrogens is 284 g/mol. The van der Waals surface area contributed by atoms with Crippen molar-refractivity contribution in [2.24, 2.45) is 5.73 Å². The third kappa shape index (κ3) is 3.56. The zero-order valence-electron chi connectivity index (χ0n) is 10.3. The highest BCUT2D eigenvalue weighted by atomic mass is 35.5. The van der Waals surface area contributed by atoms with E-state index in [1.807, 2.05) is 17.4 Å². The third-order valence-corrected chi connectivity index (χ3v) is 5.24. The Balaban J connectivity index is 1.95. The van der Waals surface area contributed by atoms with Crippen LogP contribution < -0.4 is 5.73 Å². The monoisotopic (exact) mass is 300 g/mol. The molecule has 0 radical (unpaired) electrons. The molecule has 0 aliphatic heterocycles. The topological polar surface area (TPSA) is 29.3 Å². The van der Waals surface area contributed by atoms with Gasteiger partial charge in [-0.3, -0.25) is 4.90 Å². The number of rotatable bonds is 6. The van der Waals surface area contributed by atoms with Crippen LogP contribution in [0.3, 0.4) is 0 Å². The van der Waals surface area contributed by atoms with Crippen LogP contribution in [0.15, 0.2) is 29.6 Å². The third-order valence-electron chi connectivity index (χ3n) is 2.97. The highest BCUT2D eigenvalue weighted by Crippen LogP contribution is 2.29. The molecule has 0 fully saturated rings. The molecule has 2 N–H and O–H groups in total. The van der Waals surface area contributed by atoms with Gasteiger partial charge in [0, 0.05) is 22.8 Å². The lowest BCUT2D eigenvalue weighted by Crippen LogP contribution is -2.31. The molecule has 2 aromatic heterocycles. The van der Waals surface area contributed by atoms with Crippen LogP contribution in [-0.4, -0.2) is 25.0 Å². The normalized spacial score (nSPS) is 13.1. The van der Waals surface area contributed by atoms with Crippen molar-refractivity contribution >= 4 is 34.3 Å². The molecule has 0 aliphatic carbocycles. The van der Waals surface area contributed by atoms with E-state index in [2.05, 4.69) is 35.5 Å². The Bertz CT molecular complexity index is 467. The van der Waals surface area contributed by atoms with Crippen molar-refractivity contribution in [3.63, 3.8) is 0 Å². The van der Waals surface area contributed by atoms with E-state index in [0.717, 1.165) is 17.3 Å². The first-order valence-electron chi connectivity index (χ1n) is 5.88. The highest BCUT2D eigenvalue weighted by Gasteiger charge is 2.17. The predicted molar refractivity (Wildman–Crippen MR) is 81.8 cm³/mol. The average Bonchev–Trinajstić information content (AvgIpc) is 2.99. The van der Waals surface area contributed by atoms with Crippen molar-refractivity contribution in [2.45, 2.75) is 12.5 Å². The SMILES string of the molecule is CN(CCc1cccs1)C(CN)c1ccc(Cl)s1. The summed E-state index contributed by atoms with van der Waals surface area (Å²) >= 11 is 9.41. The first-order chi connectivity index (χ1) is 8.70. The second-order valence-corrected chi connectivity index (χ2v) is 6.98. The molecule has 1 atom stereocenters. The molecule has 98 valence electrons. The van der Waals surface area contributed by atoms with Gasteiger partial charge in [0.1, 0.15) is 0 Å². The van der Waals surface area contributed by atoms with Gasteiger partial charge in [-0.2, -0.15) is 0 Å². The minimum Gasteiger partial charge on any atom is -0.329 e. The highest BCUT2D eigenvalue weighted by molar-refractivity contribution is 7.16. The summed E-state index contributed by atoms with van der Waals surface area (Å²) in [6.45, 7) is 1.63. The smallest absolute Gasteiger partial charge is 0.0931 e. The summed E-state index contributed by atoms with van der Waals surface area (Å²) in [5.74, 6) is 0. The number of hydrogen-bond acceptors (Lipinski definition) is 4. The molecule has 1 unspecified atom stereocenters. The lowest BCUT2D eigenvalue weighted by Gasteiger charge is -2.25. The van der Waals surface area contributed by atoms with Crippen molar-refractivity contribution in [2.75, 3.05) is 20.1 Å². The van der Waals surface area contributed by atoms with E-state index in [4.69, 9.17) is 17.3 Å². The fraction of sp³-hybridized carbons (Fsp3) is 0.385. The Hall–Kier alpha value is -0.390. The largest absolute Gasteiger partial charge is 0.329 e.